The fourth-order valence-corrected chi connectivity index (χ4v) is 2.47. The van der Waals surface area contributed by atoms with Gasteiger partial charge in [-0.05, 0) is 26.0 Å². The van der Waals surface area contributed by atoms with Gasteiger partial charge >= 0.3 is 5.97 Å². The van der Waals surface area contributed by atoms with Crippen molar-refractivity contribution in [3.63, 3.8) is 0 Å². The third-order valence-electron chi connectivity index (χ3n) is 3.72. The van der Waals surface area contributed by atoms with E-state index in [1.165, 1.54) is 17.0 Å². The Morgan fingerprint density at radius 2 is 1.88 bits per heavy atom. The van der Waals surface area contributed by atoms with Crippen molar-refractivity contribution in [3.05, 3.63) is 57.1 Å². The maximum atomic E-state index is 12.3. The van der Waals surface area contributed by atoms with Crippen LogP contribution in [0.5, 0.6) is 0 Å². The number of esters is 1. The van der Waals surface area contributed by atoms with Crippen molar-refractivity contribution in [2.24, 2.45) is 0 Å². The Morgan fingerprint density at radius 3 is 2.50 bits per heavy atom. The summed E-state index contributed by atoms with van der Waals surface area (Å²) < 4.78 is 5.82. The molecule has 0 spiro atoms. The van der Waals surface area contributed by atoms with Gasteiger partial charge < -0.3 is 9.64 Å². The molecule has 1 aromatic carbocycles. The van der Waals surface area contributed by atoms with Gasteiger partial charge in [-0.3, -0.25) is 24.3 Å². The molecule has 1 aromatic heterocycles. The molecule has 0 fully saturated rings. The van der Waals surface area contributed by atoms with Crippen LogP contribution >= 0.6 is 0 Å². The summed E-state index contributed by atoms with van der Waals surface area (Å²) in [6, 6.07) is 6.31. The summed E-state index contributed by atoms with van der Waals surface area (Å²) in [6.45, 7) is 7.26. The van der Waals surface area contributed by atoms with Gasteiger partial charge in [0.05, 0.1) is 10.8 Å². The van der Waals surface area contributed by atoms with Crippen LogP contribution < -0.4 is 11.1 Å². The molecule has 2 rings (SSSR count). The minimum Gasteiger partial charge on any atom is -0.454 e. The Hall–Kier alpha value is -3.16. The number of aromatic amines is 1. The minimum atomic E-state index is -0.794. The number of hydrogen-bond donors (Lipinski definition) is 1. The molecule has 0 atom stereocenters. The van der Waals surface area contributed by atoms with Crippen LogP contribution in [0.4, 0.5) is 0 Å². The molecule has 8 heteroatoms. The van der Waals surface area contributed by atoms with Crippen LogP contribution in [0, 0.1) is 0 Å². The second-order valence-corrected chi connectivity index (χ2v) is 5.90. The van der Waals surface area contributed by atoms with E-state index in [0.717, 1.165) is 10.3 Å². The number of fused-ring (bicyclic) bond motifs is 1. The van der Waals surface area contributed by atoms with E-state index in [0.29, 0.717) is 13.1 Å². The molecule has 1 heterocycles. The normalized spacial score (nSPS) is 10.5. The zero-order valence-corrected chi connectivity index (χ0v) is 14.8. The molecule has 1 N–H and O–H groups in total. The maximum Gasteiger partial charge on any atom is 0.328 e. The number of rotatable bonds is 7. The predicted octanol–water partition coefficient (Wildman–Crippen LogP) is 0.658. The third kappa shape index (κ3) is 4.47. The Bertz CT molecular complexity index is 957. The zero-order chi connectivity index (χ0) is 19.3. The first-order valence-corrected chi connectivity index (χ1v) is 8.13. The Balaban J connectivity index is 2.07. The number of ether oxygens (including phenoxy) is 1. The summed E-state index contributed by atoms with van der Waals surface area (Å²) in [6.07, 6.45) is 0. The molecule has 0 bridgehead atoms. The van der Waals surface area contributed by atoms with Crippen LogP contribution in [0.15, 0.2) is 46.0 Å². The molecular weight excluding hydrogens is 338 g/mol. The highest BCUT2D eigenvalue weighted by Crippen LogP contribution is 2.02. The molecule has 0 radical (unpaired) electrons. The van der Waals surface area contributed by atoms with E-state index >= 15 is 0 Å². The highest BCUT2D eigenvalue weighted by Gasteiger charge is 2.16. The topological polar surface area (TPSA) is 101 Å². The van der Waals surface area contributed by atoms with Gasteiger partial charge in [-0.2, -0.15) is 0 Å². The molecule has 138 valence electrons. The van der Waals surface area contributed by atoms with E-state index in [1.54, 1.807) is 19.1 Å². The Kier molecular flexibility index (Phi) is 6.11. The highest BCUT2D eigenvalue weighted by atomic mass is 16.5. The Labute approximate surface area is 149 Å². The lowest BCUT2D eigenvalue weighted by atomic mass is 10.2. The van der Waals surface area contributed by atoms with E-state index in [-0.39, 0.29) is 16.7 Å². The zero-order valence-electron chi connectivity index (χ0n) is 14.8. The molecule has 2 aromatic rings. The number of hydrogen-bond acceptors (Lipinski definition) is 5. The van der Waals surface area contributed by atoms with E-state index in [1.807, 2.05) is 6.92 Å². The largest absolute Gasteiger partial charge is 0.454 e. The number of benzene rings is 1. The van der Waals surface area contributed by atoms with Crippen LogP contribution in [0.3, 0.4) is 0 Å². The van der Waals surface area contributed by atoms with Crippen LogP contribution in [0.2, 0.25) is 0 Å². The monoisotopic (exact) mass is 359 g/mol. The number of nitrogens with one attached hydrogen (secondary N) is 1. The smallest absolute Gasteiger partial charge is 0.328 e. The first-order chi connectivity index (χ1) is 12.3. The van der Waals surface area contributed by atoms with Crippen LogP contribution in [-0.2, 0) is 20.9 Å². The molecule has 0 saturated heterocycles. The number of nitrogens with zero attached hydrogens (tertiary/aromatic N) is 2. The number of amides is 1. The molecular formula is C18H21N3O5. The molecule has 0 aliphatic heterocycles. The van der Waals surface area contributed by atoms with Gasteiger partial charge in [-0.15, -0.1) is 0 Å². The number of aromatic nitrogens is 2. The van der Waals surface area contributed by atoms with Crippen LogP contribution in [-0.4, -0.2) is 46.3 Å². The highest BCUT2D eigenvalue weighted by molar-refractivity contribution is 5.82. The average Bonchev–Trinajstić information content (AvgIpc) is 2.61. The lowest BCUT2D eigenvalue weighted by Gasteiger charge is -2.20. The maximum absolute atomic E-state index is 12.3. The first kappa shape index (κ1) is 19.2. The standard InChI is InChI=1S/C18H21N3O5/c1-4-20(9-12(2)3)15(22)11-26-16(23)10-21-18(25)14-8-6-5-7-13(14)17(24)19-21/h5-8H,2,4,9-11H2,1,3H3,(H,19,24). The molecule has 0 saturated carbocycles. The average molecular weight is 359 g/mol. The second kappa shape index (κ2) is 8.28. The van der Waals surface area contributed by atoms with Gasteiger partial charge in [-0.25, -0.2) is 4.68 Å². The number of likely N-dealkylation sites (N-methyl/N-ethyl adjacent to an activating group) is 1. The van der Waals surface area contributed by atoms with E-state index in [9.17, 15) is 19.2 Å². The lowest BCUT2D eigenvalue weighted by Crippen LogP contribution is -2.37. The summed E-state index contributed by atoms with van der Waals surface area (Å²) in [5.41, 5.74) is -0.185. The minimum absolute atomic E-state index is 0.207. The summed E-state index contributed by atoms with van der Waals surface area (Å²) in [5, 5.41) is 2.79. The van der Waals surface area contributed by atoms with Crippen molar-refractivity contribution in [2.75, 3.05) is 19.7 Å². The van der Waals surface area contributed by atoms with Crippen molar-refractivity contribution in [2.45, 2.75) is 20.4 Å². The van der Waals surface area contributed by atoms with Crippen molar-refractivity contribution in [1.29, 1.82) is 0 Å². The summed E-state index contributed by atoms with van der Waals surface area (Å²) in [7, 11) is 0. The summed E-state index contributed by atoms with van der Waals surface area (Å²) >= 11 is 0. The fourth-order valence-electron chi connectivity index (χ4n) is 2.47. The SMILES string of the molecule is C=C(C)CN(CC)C(=O)COC(=O)Cn1[nH]c(=O)c2ccccc2c1=O. The Morgan fingerprint density at radius 1 is 1.23 bits per heavy atom. The van der Waals surface area contributed by atoms with Gasteiger partial charge in [0, 0.05) is 13.1 Å². The summed E-state index contributed by atoms with van der Waals surface area (Å²) in [5.74, 6) is -1.15. The van der Waals surface area contributed by atoms with Crippen LogP contribution in [0.1, 0.15) is 13.8 Å². The fraction of sp³-hybridized carbons (Fsp3) is 0.333. The van der Waals surface area contributed by atoms with Crippen molar-refractivity contribution in [3.8, 4) is 0 Å². The number of H-pyrrole nitrogens is 1. The summed E-state index contributed by atoms with van der Waals surface area (Å²) in [4.78, 5) is 49.8. The third-order valence-corrected chi connectivity index (χ3v) is 3.72. The number of carbonyl (C=O) groups is 2. The van der Waals surface area contributed by atoms with Crippen molar-refractivity contribution < 1.29 is 14.3 Å². The van der Waals surface area contributed by atoms with E-state index in [2.05, 4.69) is 11.7 Å². The van der Waals surface area contributed by atoms with Gasteiger partial charge in [0.2, 0.25) is 0 Å². The molecule has 0 aliphatic rings. The van der Waals surface area contributed by atoms with Crippen LogP contribution in [0.25, 0.3) is 10.8 Å². The lowest BCUT2D eigenvalue weighted by molar-refractivity contribution is -0.152. The van der Waals surface area contributed by atoms with Crippen molar-refractivity contribution >= 4 is 22.6 Å². The number of carbonyl (C=O) groups excluding carboxylic acids is 2. The molecule has 26 heavy (non-hydrogen) atoms. The molecule has 0 unspecified atom stereocenters. The van der Waals surface area contributed by atoms with Gasteiger partial charge in [0.25, 0.3) is 17.0 Å². The quantitative estimate of drug-likeness (QED) is 0.578. The van der Waals surface area contributed by atoms with Gasteiger partial charge in [0.15, 0.2) is 6.61 Å². The van der Waals surface area contributed by atoms with Gasteiger partial charge in [-0.1, -0.05) is 24.3 Å². The van der Waals surface area contributed by atoms with Crippen molar-refractivity contribution in [1.82, 2.24) is 14.7 Å². The van der Waals surface area contributed by atoms with E-state index < -0.39 is 30.2 Å². The molecule has 1 amide bonds. The van der Waals surface area contributed by atoms with Gasteiger partial charge in [0.1, 0.15) is 6.54 Å². The predicted molar refractivity (Wildman–Crippen MR) is 96.9 cm³/mol. The van der Waals surface area contributed by atoms with E-state index in [4.69, 9.17) is 4.74 Å². The molecule has 0 aliphatic carbocycles. The molecule has 8 nitrogen and oxygen atoms in total. The second-order valence-electron chi connectivity index (χ2n) is 5.90. The first-order valence-electron chi connectivity index (χ1n) is 8.13.